The molecule has 0 heterocycles. The number of hydrogen-bond acceptors (Lipinski definition) is 3. The first-order valence-electron chi connectivity index (χ1n) is 8.01. The van der Waals surface area contributed by atoms with Gasteiger partial charge in [0.05, 0.1) is 6.61 Å². The number of aliphatic hydroxyl groups excluding tert-OH is 1. The fourth-order valence-electron chi connectivity index (χ4n) is 3.53. The minimum atomic E-state index is 0.0136. The fraction of sp³-hybridized carbons (Fsp3) is 0.647. The van der Waals surface area contributed by atoms with E-state index in [-0.39, 0.29) is 18.7 Å². The number of halogens is 1. The van der Waals surface area contributed by atoms with E-state index in [9.17, 15) is 5.11 Å². The third-order valence-corrected chi connectivity index (χ3v) is 4.72. The molecule has 2 unspecified atom stereocenters. The summed E-state index contributed by atoms with van der Waals surface area (Å²) in [5.74, 6) is 0. The highest BCUT2D eigenvalue weighted by Crippen LogP contribution is 2.32. The molecule has 1 fully saturated rings. The lowest BCUT2D eigenvalue weighted by atomic mass is 9.90. The predicted octanol–water partition coefficient (Wildman–Crippen LogP) is 3.36. The van der Waals surface area contributed by atoms with E-state index >= 15 is 0 Å². The van der Waals surface area contributed by atoms with Gasteiger partial charge in [0.2, 0.25) is 0 Å². The first-order chi connectivity index (χ1) is 10.1. The number of nitrogens with zero attached hydrogens (tertiary/aromatic N) is 1. The van der Waals surface area contributed by atoms with Crippen molar-refractivity contribution in [3.8, 4) is 0 Å². The van der Waals surface area contributed by atoms with E-state index in [1.54, 1.807) is 0 Å². The highest BCUT2D eigenvalue weighted by Gasteiger charge is 2.30. The summed E-state index contributed by atoms with van der Waals surface area (Å²) in [4.78, 5) is 2.41. The van der Waals surface area contributed by atoms with E-state index in [0.717, 1.165) is 5.02 Å². The molecule has 0 saturated heterocycles. The van der Waals surface area contributed by atoms with Crippen LogP contribution in [0, 0.1) is 0 Å². The van der Waals surface area contributed by atoms with Crippen molar-refractivity contribution in [2.45, 2.75) is 57.2 Å². The van der Waals surface area contributed by atoms with Gasteiger partial charge < -0.3 is 10.8 Å². The summed E-state index contributed by atoms with van der Waals surface area (Å²) in [6, 6.07) is 8.64. The third-order valence-electron chi connectivity index (χ3n) is 4.47. The maximum Gasteiger partial charge on any atom is 0.0558 e. The number of aliphatic hydroxyl groups is 1. The Morgan fingerprint density at radius 2 is 1.86 bits per heavy atom. The van der Waals surface area contributed by atoms with E-state index in [0.29, 0.717) is 12.6 Å². The fourth-order valence-corrected chi connectivity index (χ4v) is 3.66. The van der Waals surface area contributed by atoms with Crippen LogP contribution < -0.4 is 5.73 Å². The average Bonchev–Trinajstić information content (AvgIpc) is 2.49. The zero-order valence-corrected chi connectivity index (χ0v) is 13.6. The van der Waals surface area contributed by atoms with Gasteiger partial charge in [-0.2, -0.15) is 0 Å². The summed E-state index contributed by atoms with van der Waals surface area (Å²) < 4.78 is 0. The Morgan fingerprint density at radius 3 is 2.38 bits per heavy atom. The van der Waals surface area contributed by atoms with Gasteiger partial charge in [-0.3, -0.25) is 4.90 Å². The smallest absolute Gasteiger partial charge is 0.0558 e. The molecule has 0 spiro atoms. The minimum Gasteiger partial charge on any atom is -0.395 e. The van der Waals surface area contributed by atoms with Crippen molar-refractivity contribution in [1.29, 1.82) is 0 Å². The molecule has 1 saturated carbocycles. The van der Waals surface area contributed by atoms with Crippen LogP contribution in [0.3, 0.4) is 0 Å². The molecule has 2 atom stereocenters. The summed E-state index contributed by atoms with van der Waals surface area (Å²) in [5.41, 5.74) is 7.48. The first-order valence-corrected chi connectivity index (χ1v) is 8.39. The quantitative estimate of drug-likeness (QED) is 0.847. The van der Waals surface area contributed by atoms with Crippen LogP contribution in [0.2, 0.25) is 5.02 Å². The Hall–Kier alpha value is -0.610. The lowest BCUT2D eigenvalue weighted by Gasteiger charge is -2.41. The summed E-state index contributed by atoms with van der Waals surface area (Å²) in [5, 5.41) is 10.2. The van der Waals surface area contributed by atoms with Gasteiger partial charge >= 0.3 is 0 Å². The third kappa shape index (κ3) is 4.43. The molecule has 2 rings (SSSR count). The minimum absolute atomic E-state index is 0.0136. The number of rotatable bonds is 6. The van der Waals surface area contributed by atoms with Gasteiger partial charge in [0, 0.05) is 29.7 Å². The molecule has 1 aromatic carbocycles. The van der Waals surface area contributed by atoms with E-state index < -0.39 is 0 Å². The van der Waals surface area contributed by atoms with E-state index in [4.69, 9.17) is 17.3 Å². The maximum absolute atomic E-state index is 9.49. The summed E-state index contributed by atoms with van der Waals surface area (Å²) >= 11 is 6.00. The Labute approximate surface area is 133 Å². The SMILES string of the molecule is CC(N)C(c1ccc(Cl)cc1)N(CCO)C1CCCCC1. The van der Waals surface area contributed by atoms with Gasteiger partial charge in [-0.25, -0.2) is 0 Å². The molecule has 0 radical (unpaired) electrons. The van der Waals surface area contributed by atoms with Crippen LogP contribution >= 0.6 is 11.6 Å². The standard InChI is InChI=1S/C17H27ClN2O/c1-13(19)17(14-7-9-15(18)10-8-14)20(11-12-21)16-5-3-2-4-6-16/h7-10,13,16-17,21H,2-6,11-12,19H2,1H3. The van der Waals surface area contributed by atoms with Crippen LogP contribution in [0.25, 0.3) is 0 Å². The normalized spacial score (nSPS) is 19.7. The van der Waals surface area contributed by atoms with Gasteiger partial charge in [-0.1, -0.05) is 43.0 Å². The summed E-state index contributed by atoms with van der Waals surface area (Å²) in [6.45, 7) is 2.90. The predicted molar refractivity (Wildman–Crippen MR) is 88.5 cm³/mol. The molecule has 1 aliphatic rings. The van der Waals surface area contributed by atoms with Crippen LogP contribution in [-0.2, 0) is 0 Å². The second-order valence-electron chi connectivity index (χ2n) is 6.11. The lowest BCUT2D eigenvalue weighted by Crippen LogP contribution is -2.47. The van der Waals surface area contributed by atoms with Gasteiger partial charge in [0.15, 0.2) is 0 Å². The van der Waals surface area contributed by atoms with E-state index in [1.807, 2.05) is 19.1 Å². The zero-order valence-electron chi connectivity index (χ0n) is 12.8. The van der Waals surface area contributed by atoms with E-state index in [1.165, 1.54) is 37.7 Å². The Balaban J connectivity index is 2.24. The molecule has 118 valence electrons. The van der Waals surface area contributed by atoms with Crippen LogP contribution in [0.5, 0.6) is 0 Å². The maximum atomic E-state index is 9.49. The number of nitrogens with two attached hydrogens (primary N) is 1. The highest BCUT2D eigenvalue weighted by molar-refractivity contribution is 6.30. The molecule has 0 aromatic heterocycles. The van der Waals surface area contributed by atoms with Gasteiger partial charge in [0.25, 0.3) is 0 Å². The topological polar surface area (TPSA) is 49.5 Å². The van der Waals surface area contributed by atoms with Crippen LogP contribution in [-0.4, -0.2) is 35.2 Å². The first kappa shape index (κ1) is 16.8. The molecular formula is C17H27ClN2O. The van der Waals surface area contributed by atoms with Gasteiger partial charge in [-0.15, -0.1) is 0 Å². The number of benzene rings is 1. The van der Waals surface area contributed by atoms with Gasteiger partial charge in [0.1, 0.15) is 0 Å². The molecule has 1 aliphatic carbocycles. The highest BCUT2D eigenvalue weighted by atomic mass is 35.5. The summed E-state index contributed by atoms with van der Waals surface area (Å²) in [7, 11) is 0. The zero-order chi connectivity index (χ0) is 15.2. The average molecular weight is 311 g/mol. The molecule has 0 bridgehead atoms. The van der Waals surface area contributed by atoms with Crippen LogP contribution in [0.4, 0.5) is 0 Å². The van der Waals surface area contributed by atoms with Crippen molar-refractivity contribution < 1.29 is 5.11 Å². The second-order valence-corrected chi connectivity index (χ2v) is 6.55. The van der Waals surface area contributed by atoms with Crippen molar-refractivity contribution in [2.24, 2.45) is 5.73 Å². The number of hydrogen-bond donors (Lipinski definition) is 2. The van der Waals surface area contributed by atoms with Crippen LogP contribution in [0.1, 0.15) is 50.6 Å². The van der Waals surface area contributed by atoms with Crippen molar-refractivity contribution in [3.63, 3.8) is 0 Å². The Bertz CT molecular complexity index is 415. The van der Waals surface area contributed by atoms with E-state index in [2.05, 4.69) is 17.0 Å². The second kappa shape index (κ2) is 8.14. The van der Waals surface area contributed by atoms with Gasteiger partial charge in [-0.05, 0) is 37.5 Å². The van der Waals surface area contributed by atoms with Crippen molar-refractivity contribution in [1.82, 2.24) is 4.90 Å². The van der Waals surface area contributed by atoms with Crippen molar-refractivity contribution >= 4 is 11.6 Å². The molecule has 4 heteroatoms. The molecule has 1 aromatic rings. The molecule has 0 aliphatic heterocycles. The molecule has 0 amide bonds. The molecule has 3 N–H and O–H groups in total. The molecule has 21 heavy (non-hydrogen) atoms. The monoisotopic (exact) mass is 310 g/mol. The largest absolute Gasteiger partial charge is 0.395 e. The van der Waals surface area contributed by atoms with Crippen molar-refractivity contribution in [2.75, 3.05) is 13.2 Å². The molecule has 3 nitrogen and oxygen atoms in total. The molecular weight excluding hydrogens is 284 g/mol. The Morgan fingerprint density at radius 1 is 1.24 bits per heavy atom. The van der Waals surface area contributed by atoms with Crippen molar-refractivity contribution in [3.05, 3.63) is 34.9 Å². The Kier molecular flexibility index (Phi) is 6.49. The van der Waals surface area contributed by atoms with Crippen LogP contribution in [0.15, 0.2) is 24.3 Å². The lowest BCUT2D eigenvalue weighted by molar-refractivity contribution is 0.0700. The summed E-state index contributed by atoms with van der Waals surface area (Å²) in [6.07, 6.45) is 6.29.